The summed E-state index contributed by atoms with van der Waals surface area (Å²) in [7, 11) is -3.60. The standard InChI is InChI=1S/C15H15Br2NO2S/c1-10-8-14(17)15(9-13(10)16)21(19,20)18-11(2)12-6-4-3-5-7-12/h3-9,11,18H,1-2H3/t11-/m0/s1. The van der Waals surface area contributed by atoms with Crippen LogP contribution < -0.4 is 4.72 Å². The minimum atomic E-state index is -3.60. The van der Waals surface area contributed by atoms with E-state index in [1.807, 2.05) is 44.2 Å². The molecule has 0 amide bonds. The van der Waals surface area contributed by atoms with Crippen LogP contribution in [0.2, 0.25) is 0 Å². The van der Waals surface area contributed by atoms with E-state index in [1.54, 1.807) is 12.1 Å². The van der Waals surface area contributed by atoms with Gasteiger partial charge < -0.3 is 0 Å². The summed E-state index contributed by atoms with van der Waals surface area (Å²) in [5.41, 5.74) is 1.89. The summed E-state index contributed by atoms with van der Waals surface area (Å²) < 4.78 is 29.1. The number of aryl methyl sites for hydroxylation is 1. The number of benzene rings is 2. The molecule has 6 heteroatoms. The normalized spacial score (nSPS) is 13.1. The first-order valence-electron chi connectivity index (χ1n) is 6.34. The number of sulfonamides is 1. The largest absolute Gasteiger partial charge is 0.242 e. The van der Waals surface area contributed by atoms with E-state index in [0.717, 1.165) is 15.6 Å². The van der Waals surface area contributed by atoms with Crippen LogP contribution in [0.25, 0.3) is 0 Å². The van der Waals surface area contributed by atoms with Crippen LogP contribution in [-0.2, 0) is 10.0 Å². The van der Waals surface area contributed by atoms with Crippen molar-refractivity contribution in [3.8, 4) is 0 Å². The van der Waals surface area contributed by atoms with Gasteiger partial charge in [0.05, 0.1) is 4.90 Å². The van der Waals surface area contributed by atoms with Crippen LogP contribution in [0.3, 0.4) is 0 Å². The number of hydrogen-bond donors (Lipinski definition) is 1. The fourth-order valence-electron chi connectivity index (χ4n) is 1.94. The van der Waals surface area contributed by atoms with Crippen molar-refractivity contribution in [1.29, 1.82) is 0 Å². The molecule has 0 aliphatic heterocycles. The van der Waals surface area contributed by atoms with E-state index >= 15 is 0 Å². The maximum atomic E-state index is 12.5. The molecule has 1 N–H and O–H groups in total. The van der Waals surface area contributed by atoms with Gasteiger partial charge in [-0.25, -0.2) is 13.1 Å². The van der Waals surface area contributed by atoms with Crippen molar-refractivity contribution in [2.24, 2.45) is 0 Å². The molecule has 0 bridgehead atoms. The number of hydrogen-bond acceptors (Lipinski definition) is 2. The van der Waals surface area contributed by atoms with Crippen LogP contribution in [0.5, 0.6) is 0 Å². The third-order valence-corrected chi connectivity index (χ3v) is 6.49. The Bertz CT molecular complexity index is 746. The Labute approximate surface area is 142 Å². The molecular formula is C15H15Br2NO2S. The molecule has 0 aliphatic rings. The van der Waals surface area contributed by atoms with Crippen molar-refractivity contribution in [2.45, 2.75) is 24.8 Å². The Morgan fingerprint density at radius 3 is 2.29 bits per heavy atom. The van der Waals surface area contributed by atoms with E-state index < -0.39 is 10.0 Å². The van der Waals surface area contributed by atoms with Crippen LogP contribution >= 0.6 is 31.9 Å². The molecule has 3 nitrogen and oxygen atoms in total. The summed E-state index contributed by atoms with van der Waals surface area (Å²) in [4.78, 5) is 0.225. The molecular weight excluding hydrogens is 418 g/mol. The van der Waals surface area contributed by atoms with Crippen molar-refractivity contribution < 1.29 is 8.42 Å². The van der Waals surface area contributed by atoms with Crippen molar-refractivity contribution >= 4 is 41.9 Å². The molecule has 0 heterocycles. The highest BCUT2D eigenvalue weighted by molar-refractivity contribution is 9.11. The topological polar surface area (TPSA) is 46.2 Å². The van der Waals surface area contributed by atoms with E-state index in [2.05, 4.69) is 36.6 Å². The van der Waals surface area contributed by atoms with Gasteiger partial charge in [-0.05, 0) is 53.0 Å². The van der Waals surface area contributed by atoms with Gasteiger partial charge in [0.25, 0.3) is 0 Å². The Hall–Kier alpha value is -0.690. The quantitative estimate of drug-likeness (QED) is 0.769. The maximum Gasteiger partial charge on any atom is 0.242 e. The van der Waals surface area contributed by atoms with E-state index in [0.29, 0.717) is 4.47 Å². The highest BCUT2D eigenvalue weighted by Crippen LogP contribution is 2.29. The smallest absolute Gasteiger partial charge is 0.207 e. The molecule has 2 rings (SSSR count). The molecule has 0 aromatic heterocycles. The SMILES string of the molecule is Cc1cc(Br)c(S(=O)(=O)N[C@@H](C)c2ccccc2)cc1Br. The molecule has 2 aromatic rings. The van der Waals surface area contributed by atoms with Crippen LogP contribution in [0.15, 0.2) is 56.3 Å². The average Bonchev–Trinajstić information content (AvgIpc) is 2.43. The van der Waals surface area contributed by atoms with Crippen molar-refractivity contribution in [3.63, 3.8) is 0 Å². The molecule has 0 radical (unpaired) electrons. The van der Waals surface area contributed by atoms with E-state index in [9.17, 15) is 8.42 Å². The van der Waals surface area contributed by atoms with Gasteiger partial charge in [0, 0.05) is 15.0 Å². The summed E-state index contributed by atoms with van der Waals surface area (Å²) in [6.45, 7) is 3.73. The molecule has 112 valence electrons. The van der Waals surface area contributed by atoms with E-state index in [-0.39, 0.29) is 10.9 Å². The van der Waals surface area contributed by atoms with Crippen molar-refractivity contribution in [2.75, 3.05) is 0 Å². The summed E-state index contributed by atoms with van der Waals surface area (Å²) in [5, 5.41) is 0. The second-order valence-electron chi connectivity index (χ2n) is 4.79. The van der Waals surface area contributed by atoms with Gasteiger partial charge in [-0.1, -0.05) is 46.3 Å². The Morgan fingerprint density at radius 1 is 1.05 bits per heavy atom. The summed E-state index contributed by atoms with van der Waals surface area (Å²) >= 11 is 6.69. The second kappa shape index (κ2) is 6.60. The fraction of sp³-hybridized carbons (Fsp3) is 0.200. The van der Waals surface area contributed by atoms with Crippen LogP contribution in [0.1, 0.15) is 24.1 Å². The summed E-state index contributed by atoms with van der Waals surface area (Å²) in [5.74, 6) is 0. The van der Waals surface area contributed by atoms with Gasteiger partial charge in [0.2, 0.25) is 10.0 Å². The van der Waals surface area contributed by atoms with Gasteiger partial charge >= 0.3 is 0 Å². The average molecular weight is 433 g/mol. The van der Waals surface area contributed by atoms with Gasteiger partial charge in [-0.2, -0.15) is 0 Å². The lowest BCUT2D eigenvalue weighted by molar-refractivity contribution is 0.566. The first-order chi connectivity index (χ1) is 9.81. The highest BCUT2D eigenvalue weighted by Gasteiger charge is 2.21. The summed E-state index contributed by atoms with van der Waals surface area (Å²) in [6.07, 6.45) is 0. The minimum absolute atomic E-state index is 0.225. The monoisotopic (exact) mass is 431 g/mol. The molecule has 2 aromatic carbocycles. The van der Waals surface area contributed by atoms with Gasteiger partial charge in [-0.15, -0.1) is 0 Å². The zero-order valence-electron chi connectivity index (χ0n) is 11.6. The first-order valence-corrected chi connectivity index (χ1v) is 9.41. The third-order valence-electron chi connectivity index (χ3n) is 3.13. The van der Waals surface area contributed by atoms with Gasteiger partial charge in [0.15, 0.2) is 0 Å². The third kappa shape index (κ3) is 3.94. The van der Waals surface area contributed by atoms with Crippen LogP contribution in [0, 0.1) is 6.92 Å². The fourth-order valence-corrected chi connectivity index (χ4v) is 4.85. The predicted molar refractivity (Wildman–Crippen MR) is 91.8 cm³/mol. The lowest BCUT2D eigenvalue weighted by atomic mass is 10.1. The lowest BCUT2D eigenvalue weighted by Crippen LogP contribution is -2.27. The molecule has 0 saturated carbocycles. The zero-order chi connectivity index (χ0) is 15.6. The highest BCUT2D eigenvalue weighted by atomic mass is 79.9. The molecule has 0 aliphatic carbocycles. The molecule has 0 saturated heterocycles. The number of rotatable bonds is 4. The Balaban J connectivity index is 2.33. The Kier molecular flexibility index (Phi) is 5.24. The minimum Gasteiger partial charge on any atom is -0.207 e. The van der Waals surface area contributed by atoms with Gasteiger partial charge in [-0.3, -0.25) is 0 Å². The lowest BCUT2D eigenvalue weighted by Gasteiger charge is -2.16. The number of halogens is 2. The summed E-state index contributed by atoms with van der Waals surface area (Å²) in [6, 6.07) is 12.6. The molecule has 1 atom stereocenters. The van der Waals surface area contributed by atoms with E-state index in [1.165, 1.54) is 0 Å². The predicted octanol–water partition coefficient (Wildman–Crippen LogP) is 4.56. The number of nitrogens with one attached hydrogen (secondary N) is 1. The van der Waals surface area contributed by atoms with Crippen LogP contribution in [-0.4, -0.2) is 8.42 Å². The van der Waals surface area contributed by atoms with Crippen molar-refractivity contribution in [1.82, 2.24) is 4.72 Å². The second-order valence-corrected chi connectivity index (χ2v) is 8.18. The molecule has 0 fully saturated rings. The molecule has 0 unspecified atom stereocenters. The maximum absolute atomic E-state index is 12.5. The Morgan fingerprint density at radius 2 is 1.67 bits per heavy atom. The first kappa shape index (κ1) is 16.7. The van der Waals surface area contributed by atoms with Gasteiger partial charge in [0.1, 0.15) is 0 Å². The molecule has 0 spiro atoms. The van der Waals surface area contributed by atoms with E-state index in [4.69, 9.17) is 0 Å². The zero-order valence-corrected chi connectivity index (χ0v) is 15.6. The molecule has 21 heavy (non-hydrogen) atoms. The van der Waals surface area contributed by atoms with Crippen LogP contribution in [0.4, 0.5) is 0 Å². The van der Waals surface area contributed by atoms with Crippen molar-refractivity contribution in [3.05, 3.63) is 62.5 Å².